The first-order valence-electron chi connectivity index (χ1n) is 9.09. The molecule has 2 aromatic rings. The van der Waals surface area contributed by atoms with Gasteiger partial charge in [0.25, 0.3) is 0 Å². The Kier molecular flexibility index (Phi) is 5.81. The summed E-state index contributed by atoms with van der Waals surface area (Å²) in [6, 6.07) is 6.26. The third-order valence-electron chi connectivity index (χ3n) is 4.74. The second-order valence-corrected chi connectivity index (χ2v) is 6.61. The number of nitrogens with zero attached hydrogens (tertiary/aromatic N) is 4. The summed E-state index contributed by atoms with van der Waals surface area (Å²) in [6.45, 7) is 5.05. The first kappa shape index (κ1) is 17.6. The van der Waals surface area contributed by atoms with Gasteiger partial charge in [-0.2, -0.15) is 0 Å². The van der Waals surface area contributed by atoms with Gasteiger partial charge in [-0.15, -0.1) is 0 Å². The fourth-order valence-electron chi connectivity index (χ4n) is 3.53. The predicted octanol–water partition coefficient (Wildman–Crippen LogP) is 3.04. The highest BCUT2D eigenvalue weighted by Gasteiger charge is 2.28. The van der Waals surface area contributed by atoms with Gasteiger partial charge in [-0.05, 0) is 37.9 Å². The van der Waals surface area contributed by atoms with Crippen LogP contribution >= 0.6 is 0 Å². The van der Waals surface area contributed by atoms with Crippen LogP contribution in [0.3, 0.4) is 0 Å². The van der Waals surface area contributed by atoms with Gasteiger partial charge in [0.05, 0.1) is 24.7 Å². The van der Waals surface area contributed by atoms with Crippen LogP contribution in [0.2, 0.25) is 0 Å². The summed E-state index contributed by atoms with van der Waals surface area (Å²) in [4.78, 5) is 22.5. The Morgan fingerprint density at radius 1 is 1.40 bits per heavy atom. The minimum atomic E-state index is -0.780. The number of aliphatic carboxylic acids is 1. The number of carboxylic acid groups (broad SMARTS) is 1. The summed E-state index contributed by atoms with van der Waals surface area (Å²) in [5.41, 5.74) is 1.91. The number of pyridine rings is 1. The zero-order valence-corrected chi connectivity index (χ0v) is 14.8. The highest BCUT2D eigenvalue weighted by molar-refractivity contribution is 5.66. The molecule has 6 heteroatoms. The number of carboxylic acids is 1. The number of aromatic nitrogens is 3. The van der Waals surface area contributed by atoms with Gasteiger partial charge in [0, 0.05) is 31.1 Å². The van der Waals surface area contributed by atoms with Crippen molar-refractivity contribution in [2.45, 2.75) is 58.2 Å². The van der Waals surface area contributed by atoms with Crippen LogP contribution in [-0.2, 0) is 24.3 Å². The summed E-state index contributed by atoms with van der Waals surface area (Å²) >= 11 is 0. The predicted molar refractivity (Wildman–Crippen MR) is 95.1 cm³/mol. The van der Waals surface area contributed by atoms with E-state index in [9.17, 15) is 4.79 Å². The molecule has 3 rings (SSSR count). The van der Waals surface area contributed by atoms with Gasteiger partial charge < -0.3 is 9.67 Å². The molecule has 0 bridgehead atoms. The Balaban J connectivity index is 1.72. The fraction of sp³-hybridized carbons (Fsp3) is 0.526. The lowest BCUT2D eigenvalue weighted by Gasteiger charge is -2.24. The van der Waals surface area contributed by atoms with Crippen LogP contribution in [0.1, 0.15) is 55.9 Å². The molecule has 0 amide bonds. The first-order chi connectivity index (χ1) is 12.2. The molecule has 2 aromatic heterocycles. The molecule has 3 heterocycles. The summed E-state index contributed by atoms with van der Waals surface area (Å²) in [5.74, 6) is 0.327. The monoisotopic (exact) mass is 342 g/mol. The van der Waals surface area contributed by atoms with Crippen LogP contribution in [0, 0.1) is 0 Å². The van der Waals surface area contributed by atoms with E-state index in [0.29, 0.717) is 6.42 Å². The molecule has 1 saturated heterocycles. The maximum absolute atomic E-state index is 10.8. The van der Waals surface area contributed by atoms with Crippen molar-refractivity contribution in [3.05, 3.63) is 47.8 Å². The van der Waals surface area contributed by atoms with E-state index in [-0.39, 0.29) is 12.5 Å². The lowest BCUT2D eigenvalue weighted by Crippen LogP contribution is -2.25. The number of carbonyl (C=O) groups is 1. The average molecular weight is 342 g/mol. The van der Waals surface area contributed by atoms with E-state index in [2.05, 4.69) is 33.6 Å². The Morgan fingerprint density at radius 3 is 3.08 bits per heavy atom. The van der Waals surface area contributed by atoms with Crippen molar-refractivity contribution in [2.75, 3.05) is 6.54 Å². The van der Waals surface area contributed by atoms with E-state index in [4.69, 9.17) is 10.1 Å². The van der Waals surface area contributed by atoms with Crippen LogP contribution in [0.4, 0.5) is 0 Å². The SMILES string of the molecule is CCCn1ccnc1CN1CCC[C@H]1c1cccc(CCC(=O)O)n1. The standard InChI is InChI=1S/C19H26N4O2/c1-2-11-22-13-10-20-18(22)14-23-12-4-7-17(23)16-6-3-5-15(21-16)8-9-19(24)25/h3,5-6,10,13,17H,2,4,7-9,11-12,14H2,1H3,(H,24,25)/t17-/m0/s1. The van der Waals surface area contributed by atoms with Crippen molar-refractivity contribution >= 4 is 5.97 Å². The zero-order chi connectivity index (χ0) is 17.6. The highest BCUT2D eigenvalue weighted by atomic mass is 16.4. The third-order valence-corrected chi connectivity index (χ3v) is 4.74. The van der Waals surface area contributed by atoms with Gasteiger partial charge in [-0.3, -0.25) is 14.7 Å². The Labute approximate surface area is 148 Å². The molecule has 134 valence electrons. The van der Waals surface area contributed by atoms with Crippen molar-refractivity contribution in [3.63, 3.8) is 0 Å². The Hall–Kier alpha value is -2.21. The van der Waals surface area contributed by atoms with E-state index >= 15 is 0 Å². The largest absolute Gasteiger partial charge is 0.481 e. The Morgan fingerprint density at radius 2 is 2.28 bits per heavy atom. The lowest BCUT2D eigenvalue weighted by molar-refractivity contribution is -0.136. The maximum atomic E-state index is 10.8. The van der Waals surface area contributed by atoms with E-state index in [1.807, 2.05) is 18.3 Å². The smallest absolute Gasteiger partial charge is 0.303 e. The molecule has 0 aliphatic carbocycles. The fourth-order valence-corrected chi connectivity index (χ4v) is 3.53. The molecule has 0 spiro atoms. The minimum Gasteiger partial charge on any atom is -0.481 e. The number of aryl methyl sites for hydroxylation is 2. The normalized spacial score (nSPS) is 17.9. The molecule has 25 heavy (non-hydrogen) atoms. The average Bonchev–Trinajstić information content (AvgIpc) is 3.24. The summed E-state index contributed by atoms with van der Waals surface area (Å²) < 4.78 is 2.23. The van der Waals surface area contributed by atoms with Crippen molar-refractivity contribution in [2.24, 2.45) is 0 Å². The molecule has 1 atom stereocenters. The first-order valence-corrected chi connectivity index (χ1v) is 9.09. The van der Waals surface area contributed by atoms with Gasteiger partial charge in [0.1, 0.15) is 5.82 Å². The van der Waals surface area contributed by atoms with Crippen molar-refractivity contribution < 1.29 is 9.90 Å². The van der Waals surface area contributed by atoms with Crippen LogP contribution < -0.4 is 0 Å². The minimum absolute atomic E-state index is 0.124. The van der Waals surface area contributed by atoms with Crippen LogP contribution in [-0.4, -0.2) is 37.1 Å². The molecule has 0 unspecified atom stereocenters. The van der Waals surface area contributed by atoms with Crippen LogP contribution in [0.5, 0.6) is 0 Å². The van der Waals surface area contributed by atoms with Gasteiger partial charge >= 0.3 is 5.97 Å². The van der Waals surface area contributed by atoms with E-state index in [0.717, 1.165) is 56.1 Å². The number of hydrogen-bond acceptors (Lipinski definition) is 4. The molecular weight excluding hydrogens is 316 g/mol. The number of rotatable bonds is 8. The summed E-state index contributed by atoms with van der Waals surface area (Å²) in [6.07, 6.45) is 7.87. The topological polar surface area (TPSA) is 71.2 Å². The molecule has 0 aromatic carbocycles. The second kappa shape index (κ2) is 8.25. The molecule has 1 N–H and O–H groups in total. The molecule has 6 nitrogen and oxygen atoms in total. The molecule has 1 aliphatic heterocycles. The van der Waals surface area contributed by atoms with Crippen LogP contribution in [0.15, 0.2) is 30.6 Å². The molecule has 1 aliphatic rings. The zero-order valence-electron chi connectivity index (χ0n) is 14.8. The Bertz CT molecular complexity index is 713. The number of imidazole rings is 1. The number of likely N-dealkylation sites (tertiary alicyclic amines) is 1. The van der Waals surface area contributed by atoms with Crippen molar-refractivity contribution in [3.8, 4) is 0 Å². The third kappa shape index (κ3) is 4.45. The molecular formula is C19H26N4O2. The van der Waals surface area contributed by atoms with Crippen molar-refractivity contribution in [1.29, 1.82) is 0 Å². The van der Waals surface area contributed by atoms with Crippen molar-refractivity contribution in [1.82, 2.24) is 19.4 Å². The lowest BCUT2D eigenvalue weighted by atomic mass is 10.1. The van der Waals surface area contributed by atoms with Gasteiger partial charge in [-0.25, -0.2) is 4.98 Å². The summed E-state index contributed by atoms with van der Waals surface area (Å²) in [5, 5.41) is 8.87. The molecule has 0 saturated carbocycles. The van der Waals surface area contributed by atoms with Gasteiger partial charge in [-0.1, -0.05) is 13.0 Å². The second-order valence-electron chi connectivity index (χ2n) is 6.61. The van der Waals surface area contributed by atoms with E-state index in [1.54, 1.807) is 0 Å². The van der Waals surface area contributed by atoms with E-state index in [1.165, 1.54) is 0 Å². The summed E-state index contributed by atoms with van der Waals surface area (Å²) in [7, 11) is 0. The molecule has 1 fully saturated rings. The quantitative estimate of drug-likeness (QED) is 0.798. The highest BCUT2D eigenvalue weighted by Crippen LogP contribution is 2.32. The number of hydrogen-bond donors (Lipinski definition) is 1. The van der Waals surface area contributed by atoms with E-state index < -0.39 is 5.97 Å². The van der Waals surface area contributed by atoms with Gasteiger partial charge in [0.2, 0.25) is 0 Å². The maximum Gasteiger partial charge on any atom is 0.303 e. The van der Waals surface area contributed by atoms with Crippen LogP contribution in [0.25, 0.3) is 0 Å². The molecule has 0 radical (unpaired) electrons. The van der Waals surface area contributed by atoms with Gasteiger partial charge in [0.15, 0.2) is 0 Å².